The molecule has 3 nitrogen and oxygen atoms in total. The van der Waals surface area contributed by atoms with Crippen molar-refractivity contribution >= 4 is 5.97 Å². The summed E-state index contributed by atoms with van der Waals surface area (Å²) in [6.45, 7) is 4.63. The molecule has 0 rings (SSSR count). The van der Waals surface area contributed by atoms with Gasteiger partial charge in [0.25, 0.3) is 0 Å². The van der Waals surface area contributed by atoms with Crippen molar-refractivity contribution in [3.8, 4) is 0 Å². The highest BCUT2D eigenvalue weighted by Gasteiger charge is 2.09. The number of hydrogen-bond donors (Lipinski definition) is 0. The van der Waals surface area contributed by atoms with Gasteiger partial charge in [0, 0.05) is 0 Å². The fraction of sp³-hybridized carbons (Fsp3) is 0.941. The minimum Gasteiger partial charge on any atom is -0.462 e. The Morgan fingerprint density at radius 3 is 1.95 bits per heavy atom. The lowest BCUT2D eigenvalue weighted by atomic mass is 10.1. The van der Waals surface area contributed by atoms with Gasteiger partial charge >= 0.3 is 5.97 Å². The number of esters is 1. The van der Waals surface area contributed by atoms with Gasteiger partial charge in [-0.1, -0.05) is 58.3 Å². The summed E-state index contributed by atoms with van der Waals surface area (Å²) in [6, 6.07) is 0. The van der Waals surface area contributed by atoms with E-state index in [9.17, 15) is 4.79 Å². The molecule has 0 aromatic heterocycles. The van der Waals surface area contributed by atoms with Gasteiger partial charge in [-0.3, -0.25) is 9.69 Å². The molecule has 0 fully saturated rings. The molecular formula is C17H35NO2. The van der Waals surface area contributed by atoms with Crippen LogP contribution in [0.15, 0.2) is 0 Å². The van der Waals surface area contributed by atoms with Crippen molar-refractivity contribution in [1.29, 1.82) is 0 Å². The van der Waals surface area contributed by atoms with Crippen LogP contribution in [0.5, 0.6) is 0 Å². The van der Waals surface area contributed by atoms with Crippen molar-refractivity contribution in [2.75, 3.05) is 20.6 Å². The van der Waals surface area contributed by atoms with Crippen molar-refractivity contribution in [3.63, 3.8) is 0 Å². The third-order valence-corrected chi connectivity index (χ3v) is 3.49. The van der Waals surface area contributed by atoms with Gasteiger partial charge in [0.1, 0.15) is 0 Å². The summed E-state index contributed by atoms with van der Waals surface area (Å²) in [4.78, 5) is 13.3. The third kappa shape index (κ3) is 13.9. The Hall–Kier alpha value is -0.570. The predicted octanol–water partition coefficient (Wildman–Crippen LogP) is 4.40. The molecule has 1 atom stereocenters. The maximum absolute atomic E-state index is 11.5. The van der Waals surface area contributed by atoms with E-state index in [1.807, 2.05) is 25.9 Å². The first kappa shape index (κ1) is 19.4. The fourth-order valence-corrected chi connectivity index (χ4v) is 2.32. The van der Waals surface area contributed by atoms with Crippen molar-refractivity contribution in [2.24, 2.45) is 0 Å². The van der Waals surface area contributed by atoms with E-state index >= 15 is 0 Å². The molecule has 20 heavy (non-hydrogen) atoms. The van der Waals surface area contributed by atoms with Gasteiger partial charge < -0.3 is 4.74 Å². The van der Waals surface area contributed by atoms with E-state index in [1.165, 1.54) is 57.8 Å². The Bertz CT molecular complexity index is 229. The van der Waals surface area contributed by atoms with Gasteiger partial charge in [0.05, 0.1) is 12.6 Å². The van der Waals surface area contributed by atoms with Crippen molar-refractivity contribution < 1.29 is 9.53 Å². The largest absolute Gasteiger partial charge is 0.462 e. The van der Waals surface area contributed by atoms with Crippen LogP contribution in [0.3, 0.4) is 0 Å². The molecule has 0 saturated heterocycles. The fourth-order valence-electron chi connectivity index (χ4n) is 2.32. The van der Waals surface area contributed by atoms with Crippen LogP contribution in [0.25, 0.3) is 0 Å². The van der Waals surface area contributed by atoms with Gasteiger partial charge in [0.15, 0.2) is 0 Å². The molecule has 0 aliphatic carbocycles. The van der Waals surface area contributed by atoms with Crippen LogP contribution in [0.2, 0.25) is 0 Å². The molecule has 0 aliphatic rings. The minimum atomic E-state index is -0.113. The lowest BCUT2D eigenvalue weighted by Crippen LogP contribution is -2.26. The molecular weight excluding hydrogens is 250 g/mol. The maximum atomic E-state index is 11.5. The van der Waals surface area contributed by atoms with Crippen molar-refractivity contribution in [1.82, 2.24) is 4.90 Å². The molecule has 0 amide bonds. The molecule has 120 valence electrons. The van der Waals surface area contributed by atoms with Gasteiger partial charge in [-0.25, -0.2) is 0 Å². The number of hydrogen-bond acceptors (Lipinski definition) is 3. The zero-order valence-electron chi connectivity index (χ0n) is 14.1. The smallest absolute Gasteiger partial charge is 0.320 e. The first-order valence-electron chi connectivity index (χ1n) is 8.40. The molecule has 0 saturated carbocycles. The summed E-state index contributed by atoms with van der Waals surface area (Å²) in [5.41, 5.74) is 0. The van der Waals surface area contributed by atoms with E-state index < -0.39 is 0 Å². The monoisotopic (exact) mass is 285 g/mol. The molecule has 0 aromatic rings. The summed E-state index contributed by atoms with van der Waals surface area (Å²) in [5.74, 6) is -0.113. The highest BCUT2D eigenvalue weighted by atomic mass is 16.5. The molecule has 3 heteroatoms. The Kier molecular flexibility index (Phi) is 13.0. The summed E-state index contributed by atoms with van der Waals surface area (Å²) in [7, 11) is 3.76. The van der Waals surface area contributed by atoms with Crippen LogP contribution in [0.1, 0.15) is 78.1 Å². The first-order valence-corrected chi connectivity index (χ1v) is 8.40. The van der Waals surface area contributed by atoms with Crippen LogP contribution >= 0.6 is 0 Å². The van der Waals surface area contributed by atoms with E-state index in [2.05, 4.69) is 6.92 Å². The number of ether oxygens (including phenoxy) is 1. The summed E-state index contributed by atoms with van der Waals surface area (Å²) < 4.78 is 5.35. The van der Waals surface area contributed by atoms with Gasteiger partial charge in [0.2, 0.25) is 0 Å². The average Bonchev–Trinajstić information content (AvgIpc) is 2.35. The molecule has 0 unspecified atom stereocenters. The number of likely N-dealkylation sites (N-methyl/N-ethyl adjacent to an activating group) is 1. The Morgan fingerprint density at radius 2 is 1.45 bits per heavy atom. The number of unbranched alkanes of at least 4 members (excludes halogenated alkanes) is 8. The quantitative estimate of drug-likeness (QED) is 0.371. The first-order chi connectivity index (χ1) is 9.56. The lowest BCUT2D eigenvalue weighted by molar-refractivity contribution is -0.149. The van der Waals surface area contributed by atoms with Crippen LogP contribution < -0.4 is 0 Å². The number of carbonyl (C=O) groups excluding carboxylic acids is 1. The van der Waals surface area contributed by atoms with E-state index in [1.54, 1.807) is 0 Å². The second-order valence-corrected chi connectivity index (χ2v) is 6.16. The zero-order valence-corrected chi connectivity index (χ0v) is 14.1. The highest BCUT2D eigenvalue weighted by Crippen LogP contribution is 2.12. The average molecular weight is 285 g/mol. The van der Waals surface area contributed by atoms with E-state index in [4.69, 9.17) is 4.74 Å². The molecule has 0 N–H and O–H groups in total. The molecule has 0 bridgehead atoms. The van der Waals surface area contributed by atoms with Crippen LogP contribution in [-0.4, -0.2) is 37.6 Å². The second kappa shape index (κ2) is 13.4. The SMILES string of the molecule is CCCCCCCCCCC[C@@H](C)OC(=O)CN(C)C. The molecule has 0 aliphatic heterocycles. The van der Waals surface area contributed by atoms with Gasteiger partial charge in [-0.15, -0.1) is 0 Å². The molecule has 0 spiro atoms. The standard InChI is InChI=1S/C17H35NO2/c1-5-6-7-8-9-10-11-12-13-14-16(2)20-17(19)15-18(3)4/h16H,5-15H2,1-4H3/t16-/m1/s1. The van der Waals surface area contributed by atoms with Crippen LogP contribution in [0, 0.1) is 0 Å². The number of nitrogens with zero attached hydrogens (tertiary/aromatic N) is 1. The number of rotatable bonds is 13. The van der Waals surface area contributed by atoms with Crippen LogP contribution in [-0.2, 0) is 9.53 Å². The Labute approximate surface area is 126 Å². The van der Waals surface area contributed by atoms with E-state index in [0.29, 0.717) is 6.54 Å². The van der Waals surface area contributed by atoms with Crippen molar-refractivity contribution in [2.45, 2.75) is 84.2 Å². The summed E-state index contributed by atoms with van der Waals surface area (Å²) in [6.07, 6.45) is 13.1. The van der Waals surface area contributed by atoms with Crippen LogP contribution in [0.4, 0.5) is 0 Å². The van der Waals surface area contributed by atoms with Gasteiger partial charge in [-0.05, 0) is 33.9 Å². The maximum Gasteiger partial charge on any atom is 0.320 e. The zero-order chi connectivity index (χ0) is 15.2. The summed E-state index contributed by atoms with van der Waals surface area (Å²) in [5, 5.41) is 0. The van der Waals surface area contributed by atoms with Gasteiger partial charge in [-0.2, -0.15) is 0 Å². The van der Waals surface area contributed by atoms with E-state index in [-0.39, 0.29) is 12.1 Å². The minimum absolute atomic E-state index is 0.0620. The molecule has 0 radical (unpaired) electrons. The predicted molar refractivity (Wildman–Crippen MR) is 86.0 cm³/mol. The summed E-state index contributed by atoms with van der Waals surface area (Å²) >= 11 is 0. The van der Waals surface area contributed by atoms with Crippen molar-refractivity contribution in [3.05, 3.63) is 0 Å². The number of carbonyl (C=O) groups is 1. The molecule has 0 heterocycles. The highest BCUT2D eigenvalue weighted by molar-refractivity contribution is 5.71. The lowest BCUT2D eigenvalue weighted by Gasteiger charge is -2.15. The topological polar surface area (TPSA) is 29.5 Å². The second-order valence-electron chi connectivity index (χ2n) is 6.16. The Morgan fingerprint density at radius 1 is 0.950 bits per heavy atom. The van der Waals surface area contributed by atoms with E-state index in [0.717, 1.165) is 6.42 Å². The Balaban J connectivity index is 3.31. The normalized spacial score (nSPS) is 12.7. The molecule has 0 aromatic carbocycles. The third-order valence-electron chi connectivity index (χ3n) is 3.49.